The summed E-state index contributed by atoms with van der Waals surface area (Å²) in [5.41, 5.74) is 7.49. The lowest BCUT2D eigenvalue weighted by atomic mass is 9.91. The Kier molecular flexibility index (Phi) is 4.63. The van der Waals surface area contributed by atoms with Crippen LogP contribution in [-0.4, -0.2) is 32.4 Å². The number of allylic oxidation sites excluding steroid dienone is 4. The molecule has 0 saturated carbocycles. The number of halogens is 1. The van der Waals surface area contributed by atoms with Crippen LogP contribution in [0.2, 0.25) is 0 Å². The Morgan fingerprint density at radius 2 is 2.20 bits per heavy atom. The molecule has 0 aromatic carbocycles. The maximum atomic E-state index is 12.0. The molecule has 7 heteroatoms. The number of nitrogens with two attached hydrogens (primary N) is 1. The zero-order valence-electron chi connectivity index (χ0n) is 14.1. The van der Waals surface area contributed by atoms with Gasteiger partial charge in [0.05, 0.1) is 16.6 Å². The summed E-state index contributed by atoms with van der Waals surface area (Å²) in [6, 6.07) is 3.34. The van der Waals surface area contributed by atoms with E-state index in [1.54, 1.807) is 13.1 Å². The topological polar surface area (TPSA) is 85.8 Å². The zero-order valence-corrected chi connectivity index (χ0v) is 14.9. The smallest absolute Gasteiger partial charge is 0.265 e. The van der Waals surface area contributed by atoms with Gasteiger partial charge in [0.2, 0.25) is 0 Å². The fourth-order valence-corrected chi connectivity index (χ4v) is 3.24. The first-order chi connectivity index (χ1) is 12.0. The third kappa shape index (κ3) is 3.17. The van der Waals surface area contributed by atoms with Crippen molar-refractivity contribution in [3.8, 4) is 11.3 Å². The van der Waals surface area contributed by atoms with Crippen LogP contribution in [0.1, 0.15) is 29.9 Å². The molecule has 0 saturated heterocycles. The third-order valence-corrected chi connectivity index (χ3v) is 5.05. The van der Waals surface area contributed by atoms with Crippen molar-refractivity contribution in [3.63, 3.8) is 0 Å². The Labute approximate surface area is 151 Å². The molecule has 6 nitrogen and oxygen atoms in total. The average molecular weight is 358 g/mol. The summed E-state index contributed by atoms with van der Waals surface area (Å²) < 4.78 is 1.83. The predicted molar refractivity (Wildman–Crippen MR) is 99.7 cm³/mol. The van der Waals surface area contributed by atoms with E-state index in [9.17, 15) is 4.79 Å². The van der Waals surface area contributed by atoms with Crippen LogP contribution in [0, 0.1) is 0 Å². The van der Waals surface area contributed by atoms with E-state index in [2.05, 4.69) is 15.3 Å². The van der Waals surface area contributed by atoms with Gasteiger partial charge in [0.1, 0.15) is 17.8 Å². The Bertz CT molecular complexity index is 857. The molecule has 2 unspecified atom stereocenters. The second-order valence-electron chi connectivity index (χ2n) is 5.89. The summed E-state index contributed by atoms with van der Waals surface area (Å²) in [7, 11) is 1.79. The second kappa shape index (κ2) is 6.72. The van der Waals surface area contributed by atoms with Crippen LogP contribution < -0.4 is 11.1 Å². The van der Waals surface area contributed by atoms with E-state index in [0.717, 1.165) is 5.56 Å². The highest BCUT2D eigenvalue weighted by atomic mass is 35.5. The number of aromatic nitrogens is 3. The molecule has 3 rings (SSSR count). The molecular weight excluding hydrogens is 338 g/mol. The molecule has 0 spiro atoms. The number of primary amides is 1. The van der Waals surface area contributed by atoms with Crippen LogP contribution >= 0.6 is 11.6 Å². The molecule has 1 aliphatic rings. The van der Waals surface area contributed by atoms with Crippen LogP contribution in [0.3, 0.4) is 0 Å². The van der Waals surface area contributed by atoms with E-state index < -0.39 is 10.8 Å². The number of carbonyl (C=O) groups excluding carboxylic acids is 1. The summed E-state index contributed by atoms with van der Waals surface area (Å²) in [6.07, 6.45) is 11.8. The van der Waals surface area contributed by atoms with Crippen molar-refractivity contribution in [2.24, 2.45) is 5.73 Å². The zero-order chi connectivity index (χ0) is 18.0. The number of hydrogen-bond acceptors (Lipinski definition) is 4. The fraction of sp³-hybridized carbons (Fsp3) is 0.278. The van der Waals surface area contributed by atoms with E-state index in [0.29, 0.717) is 23.6 Å². The molecule has 3 N–H and O–H groups in total. The van der Waals surface area contributed by atoms with E-state index >= 15 is 0 Å². The van der Waals surface area contributed by atoms with Gasteiger partial charge in [0, 0.05) is 24.9 Å². The molecule has 2 heterocycles. The molecule has 0 radical (unpaired) electrons. The van der Waals surface area contributed by atoms with Gasteiger partial charge in [0.25, 0.3) is 5.91 Å². The molecule has 0 fully saturated rings. The molecule has 1 amide bonds. The minimum atomic E-state index is -0.614. The second-order valence-corrected chi connectivity index (χ2v) is 6.60. The lowest BCUT2D eigenvalue weighted by Gasteiger charge is -2.33. The number of carbonyl (C=O) groups is 1. The van der Waals surface area contributed by atoms with Gasteiger partial charge in [0.15, 0.2) is 0 Å². The van der Waals surface area contributed by atoms with Crippen LogP contribution in [-0.2, 0) is 0 Å². The van der Waals surface area contributed by atoms with Gasteiger partial charge in [-0.1, -0.05) is 31.2 Å². The van der Waals surface area contributed by atoms with Crippen molar-refractivity contribution in [1.29, 1.82) is 0 Å². The first-order valence-corrected chi connectivity index (χ1v) is 8.43. The number of amides is 1. The van der Waals surface area contributed by atoms with Crippen LogP contribution in [0.5, 0.6) is 0 Å². The van der Waals surface area contributed by atoms with Gasteiger partial charge in [-0.25, -0.2) is 9.97 Å². The molecule has 2 aromatic rings. The first-order valence-electron chi connectivity index (χ1n) is 8.05. The van der Waals surface area contributed by atoms with Gasteiger partial charge < -0.3 is 15.6 Å². The van der Waals surface area contributed by atoms with Crippen molar-refractivity contribution >= 4 is 23.3 Å². The van der Waals surface area contributed by atoms with Crippen molar-refractivity contribution in [2.45, 2.75) is 24.3 Å². The minimum absolute atomic E-state index is 0.217. The Balaban J connectivity index is 2.11. The largest absolute Gasteiger partial charge is 0.373 e. The Morgan fingerprint density at radius 1 is 1.40 bits per heavy atom. The van der Waals surface area contributed by atoms with E-state index in [-0.39, 0.29) is 6.04 Å². The van der Waals surface area contributed by atoms with Crippen molar-refractivity contribution < 1.29 is 4.79 Å². The number of alkyl halides is 1. The fourth-order valence-electron chi connectivity index (χ4n) is 2.99. The third-order valence-electron chi connectivity index (χ3n) is 4.43. The molecule has 25 heavy (non-hydrogen) atoms. The first kappa shape index (κ1) is 17.2. The SMILES string of the molecule is CCC1(Cl)C=CC=CC1n1cc(-c2cc(NC)ncn2)cc1C(N)=O. The molecular formula is C18H20ClN5O. The minimum Gasteiger partial charge on any atom is -0.373 e. The van der Waals surface area contributed by atoms with Gasteiger partial charge in [-0.3, -0.25) is 4.79 Å². The molecule has 0 aliphatic heterocycles. The number of nitrogens with one attached hydrogen (secondary N) is 1. The van der Waals surface area contributed by atoms with E-state index in [4.69, 9.17) is 17.3 Å². The summed E-state index contributed by atoms with van der Waals surface area (Å²) >= 11 is 6.79. The highest BCUT2D eigenvalue weighted by Gasteiger charge is 2.35. The van der Waals surface area contributed by atoms with Crippen molar-refractivity contribution in [1.82, 2.24) is 14.5 Å². The number of rotatable bonds is 5. The van der Waals surface area contributed by atoms with Crippen LogP contribution in [0.25, 0.3) is 11.3 Å². The van der Waals surface area contributed by atoms with Crippen LogP contribution in [0.15, 0.2) is 49.0 Å². The maximum Gasteiger partial charge on any atom is 0.265 e. The molecule has 0 bridgehead atoms. The molecule has 2 aromatic heterocycles. The van der Waals surface area contributed by atoms with E-state index in [1.165, 1.54) is 6.33 Å². The maximum absolute atomic E-state index is 12.0. The van der Waals surface area contributed by atoms with Gasteiger partial charge in [-0.2, -0.15) is 0 Å². The van der Waals surface area contributed by atoms with Gasteiger partial charge in [-0.05, 0) is 12.5 Å². The molecule has 2 atom stereocenters. The van der Waals surface area contributed by atoms with E-state index in [1.807, 2.05) is 48.1 Å². The van der Waals surface area contributed by atoms with Crippen molar-refractivity contribution in [2.75, 3.05) is 12.4 Å². The number of anilines is 1. The van der Waals surface area contributed by atoms with Gasteiger partial charge in [-0.15, -0.1) is 11.6 Å². The summed E-state index contributed by atoms with van der Waals surface area (Å²) in [4.78, 5) is 19.8. The summed E-state index contributed by atoms with van der Waals surface area (Å²) in [6.45, 7) is 2.02. The lowest BCUT2D eigenvalue weighted by molar-refractivity contribution is 0.0989. The highest BCUT2D eigenvalue weighted by Crippen LogP contribution is 2.40. The number of nitrogens with zero attached hydrogens (tertiary/aromatic N) is 3. The van der Waals surface area contributed by atoms with Crippen LogP contribution in [0.4, 0.5) is 5.82 Å². The number of hydrogen-bond donors (Lipinski definition) is 2. The summed E-state index contributed by atoms with van der Waals surface area (Å²) in [5, 5.41) is 2.98. The molecule has 1 aliphatic carbocycles. The monoisotopic (exact) mass is 357 g/mol. The normalized spacial score (nSPS) is 22.1. The average Bonchev–Trinajstić information content (AvgIpc) is 3.07. The molecule has 130 valence electrons. The lowest BCUT2D eigenvalue weighted by Crippen LogP contribution is -2.33. The van der Waals surface area contributed by atoms with Crippen molar-refractivity contribution in [3.05, 3.63) is 54.7 Å². The summed E-state index contributed by atoms with van der Waals surface area (Å²) in [5.74, 6) is 0.186. The highest BCUT2D eigenvalue weighted by molar-refractivity contribution is 6.26. The Hall–Kier alpha value is -2.60. The standard InChI is InChI=1S/C18H20ClN5O/c1-3-18(19)7-5-4-6-15(18)24-10-12(8-14(24)17(20)25)13-9-16(21-2)23-11-22-13/h4-11,15H,3H2,1-2H3,(H2,20,25)(H,21,22,23). The Morgan fingerprint density at radius 3 is 2.88 bits per heavy atom. The predicted octanol–water partition coefficient (Wildman–Crippen LogP) is 3.14. The van der Waals surface area contributed by atoms with Gasteiger partial charge >= 0.3 is 0 Å². The quantitative estimate of drug-likeness (QED) is 0.805.